The van der Waals surface area contributed by atoms with Crippen molar-refractivity contribution in [3.05, 3.63) is 88.9 Å². The van der Waals surface area contributed by atoms with E-state index in [1.807, 2.05) is 24.3 Å². The molecule has 3 aromatic carbocycles. The van der Waals surface area contributed by atoms with Gasteiger partial charge in [-0.25, -0.2) is 8.42 Å². The second-order valence-electron chi connectivity index (χ2n) is 8.10. The number of hydrogen-bond donors (Lipinski definition) is 2. The number of para-hydroxylation sites is 1. The second-order valence-corrected chi connectivity index (χ2v) is 10.2. The number of benzene rings is 3. The summed E-state index contributed by atoms with van der Waals surface area (Å²) in [6.07, 6.45) is 3.80. The van der Waals surface area contributed by atoms with Gasteiger partial charge in [-0.2, -0.15) is 0 Å². The van der Waals surface area contributed by atoms with Gasteiger partial charge >= 0.3 is 0 Å². The number of carbonyl (C=O) groups is 1. The molecule has 2 N–H and O–H groups in total. The van der Waals surface area contributed by atoms with Gasteiger partial charge in [-0.3, -0.25) is 14.4 Å². The lowest BCUT2D eigenvalue weighted by Crippen LogP contribution is -2.29. The van der Waals surface area contributed by atoms with E-state index in [1.165, 1.54) is 37.0 Å². The third kappa shape index (κ3) is 6.13. The van der Waals surface area contributed by atoms with Crippen LogP contribution in [0.5, 0.6) is 0 Å². The van der Waals surface area contributed by atoms with Gasteiger partial charge in [0.15, 0.2) is 0 Å². The quantitative estimate of drug-likeness (QED) is 0.473. The molecule has 0 aliphatic carbocycles. The maximum atomic E-state index is 12.6. The summed E-state index contributed by atoms with van der Waals surface area (Å²) in [5.41, 5.74) is 2.55. The molecule has 33 heavy (non-hydrogen) atoms. The lowest BCUT2D eigenvalue weighted by molar-refractivity contribution is 0.102. The fourth-order valence-electron chi connectivity index (χ4n) is 3.81. The van der Waals surface area contributed by atoms with Gasteiger partial charge in [0, 0.05) is 17.8 Å². The number of sulfonamides is 1. The summed E-state index contributed by atoms with van der Waals surface area (Å²) in [7, 11) is -3.80. The SMILES string of the molecule is O=C(Nc1ccc(S(=O)(=O)Nc2ccccc2Cl)cc1)c1ccc(CN2CCCCC2)cc1. The van der Waals surface area contributed by atoms with Crippen LogP contribution in [0.2, 0.25) is 5.02 Å². The van der Waals surface area contributed by atoms with E-state index in [-0.39, 0.29) is 10.8 Å². The molecular formula is C25H26ClN3O3S. The number of piperidine rings is 1. The van der Waals surface area contributed by atoms with Gasteiger partial charge < -0.3 is 5.32 Å². The highest BCUT2D eigenvalue weighted by Crippen LogP contribution is 2.24. The minimum Gasteiger partial charge on any atom is -0.322 e. The average molecular weight is 484 g/mol. The van der Waals surface area contributed by atoms with E-state index in [1.54, 1.807) is 36.4 Å². The molecule has 0 atom stereocenters. The molecule has 8 heteroatoms. The Kier molecular flexibility index (Phi) is 7.33. The predicted octanol–water partition coefficient (Wildman–Crippen LogP) is 5.38. The molecule has 1 aliphatic rings. The highest BCUT2D eigenvalue weighted by atomic mass is 35.5. The lowest BCUT2D eigenvalue weighted by atomic mass is 10.1. The Morgan fingerprint density at radius 3 is 2.21 bits per heavy atom. The summed E-state index contributed by atoms with van der Waals surface area (Å²) in [4.78, 5) is 15.1. The van der Waals surface area contributed by atoms with E-state index in [9.17, 15) is 13.2 Å². The molecule has 1 fully saturated rings. The third-order valence-corrected chi connectivity index (χ3v) is 7.32. The first-order chi connectivity index (χ1) is 15.9. The van der Waals surface area contributed by atoms with E-state index in [2.05, 4.69) is 14.9 Å². The summed E-state index contributed by atoms with van der Waals surface area (Å²) < 4.78 is 27.7. The van der Waals surface area contributed by atoms with Gasteiger partial charge in [0.05, 0.1) is 15.6 Å². The van der Waals surface area contributed by atoms with Crippen molar-refractivity contribution in [3.8, 4) is 0 Å². The van der Waals surface area contributed by atoms with E-state index >= 15 is 0 Å². The summed E-state index contributed by atoms with van der Waals surface area (Å²) >= 11 is 6.04. The number of anilines is 2. The molecule has 0 saturated carbocycles. The zero-order valence-corrected chi connectivity index (χ0v) is 19.7. The molecule has 1 heterocycles. The number of carbonyl (C=O) groups excluding carboxylic acids is 1. The van der Waals surface area contributed by atoms with Gasteiger partial charge in [0.1, 0.15) is 0 Å². The fourth-order valence-corrected chi connectivity index (χ4v) is 5.12. The molecule has 1 amide bonds. The normalized spacial score (nSPS) is 14.6. The molecule has 4 rings (SSSR count). The van der Waals surface area contributed by atoms with Crippen molar-refractivity contribution in [2.45, 2.75) is 30.7 Å². The van der Waals surface area contributed by atoms with Crippen LogP contribution in [-0.2, 0) is 16.6 Å². The molecule has 0 spiro atoms. The van der Waals surface area contributed by atoms with Gasteiger partial charge in [0.25, 0.3) is 15.9 Å². The molecule has 0 radical (unpaired) electrons. The first-order valence-corrected chi connectivity index (χ1v) is 12.8. The van der Waals surface area contributed by atoms with E-state index in [0.29, 0.717) is 22.0 Å². The number of halogens is 1. The molecule has 1 saturated heterocycles. The zero-order valence-electron chi connectivity index (χ0n) is 18.1. The van der Waals surface area contributed by atoms with Crippen LogP contribution in [-0.4, -0.2) is 32.3 Å². The maximum Gasteiger partial charge on any atom is 0.261 e. The van der Waals surface area contributed by atoms with Crippen molar-refractivity contribution in [2.24, 2.45) is 0 Å². The molecule has 3 aromatic rings. The standard InChI is InChI=1S/C25H26ClN3O3S/c26-23-6-2-3-7-24(23)28-33(31,32)22-14-12-21(13-15-22)27-25(30)20-10-8-19(9-11-20)18-29-16-4-1-5-17-29/h2-3,6-15,28H,1,4-5,16-18H2,(H,27,30). The molecule has 6 nitrogen and oxygen atoms in total. The monoisotopic (exact) mass is 483 g/mol. The highest BCUT2D eigenvalue weighted by molar-refractivity contribution is 7.92. The Balaban J connectivity index is 1.37. The Hall–Kier alpha value is -2.87. The molecule has 0 unspecified atom stereocenters. The van der Waals surface area contributed by atoms with Crippen molar-refractivity contribution in [3.63, 3.8) is 0 Å². The highest BCUT2D eigenvalue weighted by Gasteiger charge is 2.16. The van der Waals surface area contributed by atoms with Crippen LogP contribution in [0.25, 0.3) is 0 Å². The van der Waals surface area contributed by atoms with Crippen LogP contribution in [0, 0.1) is 0 Å². The Morgan fingerprint density at radius 2 is 1.55 bits per heavy atom. The van der Waals surface area contributed by atoms with Crippen LogP contribution in [0.15, 0.2) is 77.7 Å². The number of hydrogen-bond acceptors (Lipinski definition) is 4. The summed E-state index contributed by atoms with van der Waals surface area (Å²) in [5, 5.41) is 3.12. The maximum absolute atomic E-state index is 12.6. The number of likely N-dealkylation sites (tertiary alicyclic amines) is 1. The summed E-state index contributed by atoms with van der Waals surface area (Å²) in [6.45, 7) is 3.16. The minimum absolute atomic E-state index is 0.0717. The number of nitrogens with one attached hydrogen (secondary N) is 2. The van der Waals surface area contributed by atoms with Gasteiger partial charge in [-0.1, -0.05) is 42.3 Å². The zero-order chi connectivity index (χ0) is 23.3. The molecule has 0 bridgehead atoms. The summed E-state index contributed by atoms with van der Waals surface area (Å²) in [6, 6.07) is 20.2. The van der Waals surface area contributed by atoms with Crippen LogP contribution in [0.4, 0.5) is 11.4 Å². The molecule has 1 aliphatic heterocycles. The lowest BCUT2D eigenvalue weighted by Gasteiger charge is -2.26. The molecular weight excluding hydrogens is 458 g/mol. The Labute approximate surface area is 199 Å². The Morgan fingerprint density at radius 1 is 0.879 bits per heavy atom. The van der Waals surface area contributed by atoms with Crippen LogP contribution in [0.1, 0.15) is 35.2 Å². The predicted molar refractivity (Wildman–Crippen MR) is 132 cm³/mol. The van der Waals surface area contributed by atoms with Crippen molar-refractivity contribution < 1.29 is 13.2 Å². The largest absolute Gasteiger partial charge is 0.322 e. The van der Waals surface area contributed by atoms with E-state index in [4.69, 9.17) is 11.6 Å². The number of nitrogens with zero attached hydrogens (tertiary/aromatic N) is 1. The third-order valence-electron chi connectivity index (χ3n) is 5.61. The van der Waals surface area contributed by atoms with Crippen molar-refractivity contribution >= 4 is 38.9 Å². The number of amides is 1. The van der Waals surface area contributed by atoms with Gasteiger partial charge in [0.2, 0.25) is 0 Å². The van der Waals surface area contributed by atoms with Crippen LogP contribution >= 0.6 is 11.6 Å². The van der Waals surface area contributed by atoms with Crippen molar-refractivity contribution in [2.75, 3.05) is 23.1 Å². The minimum atomic E-state index is -3.80. The Bertz CT molecular complexity index is 1210. The van der Waals surface area contributed by atoms with Crippen molar-refractivity contribution in [1.29, 1.82) is 0 Å². The van der Waals surface area contributed by atoms with Crippen LogP contribution < -0.4 is 10.0 Å². The smallest absolute Gasteiger partial charge is 0.261 e. The first-order valence-electron chi connectivity index (χ1n) is 10.9. The van der Waals surface area contributed by atoms with Crippen LogP contribution in [0.3, 0.4) is 0 Å². The fraction of sp³-hybridized carbons (Fsp3) is 0.240. The average Bonchev–Trinajstić information content (AvgIpc) is 2.82. The van der Waals surface area contributed by atoms with Gasteiger partial charge in [-0.15, -0.1) is 0 Å². The second kappa shape index (κ2) is 10.4. The van der Waals surface area contributed by atoms with E-state index in [0.717, 1.165) is 19.6 Å². The first kappa shape index (κ1) is 23.3. The number of rotatable bonds is 7. The van der Waals surface area contributed by atoms with E-state index < -0.39 is 10.0 Å². The van der Waals surface area contributed by atoms with Crippen molar-refractivity contribution in [1.82, 2.24) is 4.90 Å². The van der Waals surface area contributed by atoms with Gasteiger partial charge in [-0.05, 0) is 80.0 Å². The summed E-state index contributed by atoms with van der Waals surface area (Å²) in [5.74, 6) is -0.246. The molecule has 172 valence electrons. The molecule has 0 aromatic heterocycles. The topological polar surface area (TPSA) is 78.5 Å².